The predicted molar refractivity (Wildman–Crippen MR) is 117 cm³/mol. The normalized spacial score (nSPS) is 23.8. The Labute approximate surface area is 178 Å². The number of carbonyl (C=O) groups is 1. The highest BCUT2D eigenvalue weighted by molar-refractivity contribution is 5.67. The van der Waals surface area contributed by atoms with E-state index in [4.69, 9.17) is 0 Å². The monoisotopic (exact) mass is 408 g/mol. The van der Waals surface area contributed by atoms with Gasteiger partial charge in [-0.1, -0.05) is 36.4 Å². The maximum atomic E-state index is 13.1. The molecule has 4 aliphatic heterocycles. The molecule has 1 atom stereocenters. The molecule has 1 unspecified atom stereocenters. The van der Waals surface area contributed by atoms with Gasteiger partial charge in [0, 0.05) is 6.54 Å². The Bertz CT molecular complexity index is 834. The van der Waals surface area contributed by atoms with Crippen LogP contribution in [-0.4, -0.2) is 47.2 Å². The van der Waals surface area contributed by atoms with Gasteiger partial charge in [-0.15, -0.1) is 12.8 Å². The Kier molecular flexibility index (Phi) is 7.48. The number of hydrogen-bond donors (Lipinski definition) is 1. The van der Waals surface area contributed by atoms with Crippen LogP contribution in [0.25, 0.3) is 0 Å². The Morgan fingerprint density at radius 1 is 0.933 bits per heavy atom. The molecule has 158 valence electrons. The first-order chi connectivity index (χ1) is 14.6. The van der Waals surface area contributed by atoms with Gasteiger partial charge in [-0.2, -0.15) is 0 Å². The molecule has 0 spiro atoms. The second-order valence-electron chi connectivity index (χ2n) is 7.95. The van der Waals surface area contributed by atoms with Gasteiger partial charge in [0.15, 0.2) is 0 Å². The van der Waals surface area contributed by atoms with Crippen molar-refractivity contribution in [1.82, 2.24) is 9.80 Å². The highest BCUT2D eigenvalue weighted by Crippen LogP contribution is 2.35. The average molecular weight is 409 g/mol. The fraction of sp³-hybridized carbons (Fsp3) is 0.400. The van der Waals surface area contributed by atoms with E-state index in [0.717, 1.165) is 22.6 Å². The smallest absolute Gasteiger partial charge is 0.408 e. The molecule has 3 saturated heterocycles. The second-order valence-corrected chi connectivity index (χ2v) is 7.95. The number of hydrogen-bond acceptors (Lipinski definition) is 2. The van der Waals surface area contributed by atoms with E-state index in [1.54, 1.807) is 12.1 Å². The van der Waals surface area contributed by atoms with E-state index in [9.17, 15) is 14.3 Å². The van der Waals surface area contributed by atoms with Crippen LogP contribution in [0.1, 0.15) is 42.0 Å². The molecule has 30 heavy (non-hydrogen) atoms. The molecule has 2 bridgehead atoms. The highest BCUT2D eigenvalue weighted by Gasteiger charge is 2.31. The summed E-state index contributed by atoms with van der Waals surface area (Å²) in [6, 6.07) is 13.5. The highest BCUT2D eigenvalue weighted by atomic mass is 19.1. The van der Waals surface area contributed by atoms with Gasteiger partial charge in [-0.25, -0.2) is 9.18 Å². The van der Waals surface area contributed by atoms with E-state index in [2.05, 4.69) is 17.7 Å². The quantitative estimate of drug-likeness (QED) is 0.689. The molecule has 3 fully saturated rings. The fourth-order valence-corrected chi connectivity index (χ4v) is 4.64. The molecule has 0 aromatic heterocycles. The lowest BCUT2D eigenvalue weighted by atomic mass is 9.88. The van der Waals surface area contributed by atoms with Crippen LogP contribution in [0.2, 0.25) is 0 Å². The van der Waals surface area contributed by atoms with Crippen LogP contribution in [0.15, 0.2) is 48.5 Å². The molecular formula is C25H29FN2O2. The first-order valence-electron chi connectivity index (χ1n) is 10.5. The molecule has 1 N–H and O–H groups in total. The third-order valence-corrected chi connectivity index (χ3v) is 6.28. The van der Waals surface area contributed by atoms with Crippen LogP contribution in [0.5, 0.6) is 0 Å². The van der Waals surface area contributed by atoms with Crippen molar-refractivity contribution in [1.29, 1.82) is 0 Å². The largest absolute Gasteiger partial charge is 0.465 e. The van der Waals surface area contributed by atoms with Crippen molar-refractivity contribution in [3.05, 3.63) is 71.0 Å². The van der Waals surface area contributed by atoms with E-state index in [-0.39, 0.29) is 11.9 Å². The van der Waals surface area contributed by atoms with E-state index < -0.39 is 6.09 Å². The van der Waals surface area contributed by atoms with E-state index in [0.29, 0.717) is 13.0 Å². The third-order valence-electron chi connectivity index (χ3n) is 6.28. The summed E-state index contributed by atoms with van der Waals surface area (Å²) in [5.41, 5.74) is 2.92. The van der Waals surface area contributed by atoms with Crippen molar-refractivity contribution in [2.24, 2.45) is 5.92 Å². The maximum absolute atomic E-state index is 13.1. The Hall–Kier alpha value is -2.84. The van der Waals surface area contributed by atoms with Crippen molar-refractivity contribution >= 4 is 6.09 Å². The number of benzene rings is 2. The molecule has 6 rings (SSSR count). The van der Waals surface area contributed by atoms with Gasteiger partial charge in [0.25, 0.3) is 0 Å². The van der Waals surface area contributed by atoms with Gasteiger partial charge >= 0.3 is 6.09 Å². The van der Waals surface area contributed by atoms with Crippen LogP contribution >= 0.6 is 0 Å². The van der Waals surface area contributed by atoms with Crippen LogP contribution < -0.4 is 0 Å². The summed E-state index contributed by atoms with van der Waals surface area (Å²) in [5.74, 6) is 0.791. The molecule has 4 heterocycles. The molecule has 1 amide bonds. The molecule has 4 nitrogen and oxygen atoms in total. The molecular weight excluding hydrogens is 379 g/mol. The third kappa shape index (κ3) is 5.01. The summed E-state index contributed by atoms with van der Waals surface area (Å²) in [6.07, 6.45) is 12.2. The standard InChI is InChI=1S/C16H14FNO2.C7H13N.C2H2/c17-13-7-5-12(6-8-13)15-14-4-2-1-3-11(14)9-10-18(15)16(19)20;1-4-8-5-2-7(1)3-6-8;1-2/h1-8,15H,9-10H2,(H,19,20);7H,1-6H2;1-2H. The van der Waals surface area contributed by atoms with Crippen LogP contribution in [0, 0.1) is 24.6 Å². The number of fused-ring (bicyclic) bond motifs is 4. The van der Waals surface area contributed by atoms with E-state index >= 15 is 0 Å². The van der Waals surface area contributed by atoms with E-state index in [1.165, 1.54) is 55.9 Å². The van der Waals surface area contributed by atoms with Gasteiger partial charge < -0.3 is 10.0 Å². The molecule has 2 aromatic carbocycles. The second kappa shape index (κ2) is 10.3. The lowest BCUT2D eigenvalue weighted by molar-refractivity contribution is 0.111. The molecule has 2 aromatic rings. The number of terminal acetylenes is 1. The summed E-state index contributed by atoms with van der Waals surface area (Å²) in [6.45, 7) is 4.63. The van der Waals surface area contributed by atoms with Crippen LogP contribution in [0.4, 0.5) is 9.18 Å². The maximum Gasteiger partial charge on any atom is 0.408 e. The van der Waals surface area contributed by atoms with Crippen LogP contribution in [-0.2, 0) is 6.42 Å². The Balaban J connectivity index is 0.000000212. The number of halogens is 1. The number of rotatable bonds is 1. The summed E-state index contributed by atoms with van der Waals surface area (Å²) >= 11 is 0. The minimum atomic E-state index is -0.950. The molecule has 0 radical (unpaired) electrons. The van der Waals surface area contributed by atoms with Crippen molar-refractivity contribution in [3.63, 3.8) is 0 Å². The summed E-state index contributed by atoms with van der Waals surface area (Å²) < 4.78 is 13.1. The number of nitrogens with zero attached hydrogens (tertiary/aromatic N) is 2. The summed E-state index contributed by atoms with van der Waals surface area (Å²) in [5, 5.41) is 9.40. The van der Waals surface area contributed by atoms with Gasteiger partial charge in [0.1, 0.15) is 5.82 Å². The zero-order valence-corrected chi connectivity index (χ0v) is 17.2. The minimum Gasteiger partial charge on any atom is -0.465 e. The lowest BCUT2D eigenvalue weighted by Gasteiger charge is -2.38. The molecule has 5 heteroatoms. The van der Waals surface area contributed by atoms with Crippen molar-refractivity contribution in [2.45, 2.75) is 31.7 Å². The van der Waals surface area contributed by atoms with Crippen LogP contribution in [0.3, 0.4) is 0 Å². The first kappa shape index (κ1) is 21.9. The Morgan fingerprint density at radius 3 is 2.03 bits per heavy atom. The van der Waals surface area contributed by atoms with Crippen molar-refractivity contribution < 1.29 is 14.3 Å². The van der Waals surface area contributed by atoms with E-state index in [1.807, 2.05) is 24.3 Å². The fourth-order valence-electron chi connectivity index (χ4n) is 4.64. The number of amides is 1. The molecule has 0 saturated carbocycles. The van der Waals surface area contributed by atoms with Gasteiger partial charge in [0.2, 0.25) is 0 Å². The SMILES string of the molecule is C#C.C1CN2CCC1CC2.O=C(O)N1CCc2ccccc2C1c1ccc(F)cc1. The van der Waals surface area contributed by atoms with Crippen molar-refractivity contribution in [2.75, 3.05) is 26.2 Å². The minimum absolute atomic E-state index is 0.320. The molecule has 4 aliphatic rings. The average Bonchev–Trinajstić information content (AvgIpc) is 2.82. The Morgan fingerprint density at radius 2 is 1.53 bits per heavy atom. The zero-order chi connectivity index (χ0) is 21.5. The first-order valence-corrected chi connectivity index (χ1v) is 10.5. The van der Waals surface area contributed by atoms with Gasteiger partial charge in [-0.3, -0.25) is 4.90 Å². The van der Waals surface area contributed by atoms with Gasteiger partial charge in [-0.05, 0) is 80.1 Å². The number of carboxylic acid groups (broad SMARTS) is 1. The summed E-state index contributed by atoms with van der Waals surface area (Å²) in [7, 11) is 0. The zero-order valence-electron chi connectivity index (χ0n) is 17.2. The lowest BCUT2D eigenvalue weighted by Crippen LogP contribution is -2.41. The predicted octanol–water partition coefficient (Wildman–Crippen LogP) is 4.80. The molecule has 0 aliphatic carbocycles. The number of piperidine rings is 3. The summed E-state index contributed by atoms with van der Waals surface area (Å²) in [4.78, 5) is 15.5. The van der Waals surface area contributed by atoms with Gasteiger partial charge in [0.05, 0.1) is 6.04 Å². The van der Waals surface area contributed by atoms with Crippen molar-refractivity contribution in [3.8, 4) is 12.8 Å². The topological polar surface area (TPSA) is 43.8 Å².